The Balaban J connectivity index is 2.04. The van der Waals surface area contributed by atoms with E-state index in [9.17, 15) is 24.1 Å². The fraction of sp³-hybridized carbons (Fsp3) is 0.176. The molecule has 2 rings (SSSR count). The third-order valence-electron chi connectivity index (χ3n) is 3.29. The van der Waals surface area contributed by atoms with Gasteiger partial charge in [0.25, 0.3) is 0 Å². The summed E-state index contributed by atoms with van der Waals surface area (Å²) in [7, 11) is 0. The van der Waals surface area contributed by atoms with Gasteiger partial charge in [-0.15, -0.1) is 0 Å². The van der Waals surface area contributed by atoms with E-state index in [4.69, 9.17) is 4.74 Å². The van der Waals surface area contributed by atoms with Crippen molar-refractivity contribution in [1.82, 2.24) is 0 Å². The van der Waals surface area contributed by atoms with Gasteiger partial charge in [0.2, 0.25) is 5.91 Å². The first kappa shape index (κ1) is 18.1. The minimum absolute atomic E-state index is 0.152. The SMILES string of the molecule is CCC(=O)Nc1ccc(C(=O)COc2cc(F)ccc2[N+](=O)[O-])cc1. The normalized spacial score (nSPS) is 10.2. The summed E-state index contributed by atoms with van der Waals surface area (Å²) in [5.74, 6) is -1.61. The van der Waals surface area contributed by atoms with Crippen LogP contribution in [0.25, 0.3) is 0 Å². The minimum atomic E-state index is -0.718. The van der Waals surface area contributed by atoms with E-state index >= 15 is 0 Å². The zero-order valence-electron chi connectivity index (χ0n) is 13.3. The number of halogens is 1. The fourth-order valence-electron chi connectivity index (χ4n) is 1.97. The van der Waals surface area contributed by atoms with E-state index in [0.29, 0.717) is 17.7 Å². The molecule has 2 aromatic carbocycles. The lowest BCUT2D eigenvalue weighted by Gasteiger charge is -2.07. The zero-order chi connectivity index (χ0) is 18.4. The maximum atomic E-state index is 13.2. The van der Waals surface area contributed by atoms with Gasteiger partial charge >= 0.3 is 5.69 Å². The van der Waals surface area contributed by atoms with Gasteiger partial charge in [-0.1, -0.05) is 6.92 Å². The molecule has 0 spiro atoms. The highest BCUT2D eigenvalue weighted by atomic mass is 19.1. The number of rotatable bonds is 7. The number of nitro benzene ring substituents is 1. The molecule has 0 aliphatic rings. The van der Waals surface area contributed by atoms with Gasteiger partial charge in [0, 0.05) is 29.8 Å². The second-order valence-corrected chi connectivity index (χ2v) is 5.06. The maximum Gasteiger partial charge on any atom is 0.311 e. The predicted octanol–water partition coefficient (Wildman–Crippen LogP) is 3.34. The molecule has 0 saturated carbocycles. The first-order chi connectivity index (χ1) is 11.9. The van der Waals surface area contributed by atoms with Crippen LogP contribution in [0.5, 0.6) is 5.75 Å². The number of carbonyl (C=O) groups is 2. The summed E-state index contributed by atoms with van der Waals surface area (Å²) < 4.78 is 18.3. The van der Waals surface area contributed by atoms with Gasteiger partial charge in [-0.05, 0) is 30.3 Å². The molecule has 0 aliphatic carbocycles. The third kappa shape index (κ3) is 4.84. The van der Waals surface area contributed by atoms with Crippen molar-refractivity contribution in [1.29, 1.82) is 0 Å². The van der Waals surface area contributed by atoms with E-state index in [2.05, 4.69) is 5.32 Å². The molecule has 1 amide bonds. The summed E-state index contributed by atoms with van der Waals surface area (Å²) in [4.78, 5) is 33.6. The average Bonchev–Trinajstić information content (AvgIpc) is 2.60. The topological polar surface area (TPSA) is 98.5 Å². The molecule has 0 radical (unpaired) electrons. The van der Waals surface area contributed by atoms with Crippen LogP contribution in [0.3, 0.4) is 0 Å². The predicted molar refractivity (Wildman–Crippen MR) is 88.2 cm³/mol. The van der Waals surface area contributed by atoms with Gasteiger partial charge in [0.1, 0.15) is 5.82 Å². The molecule has 0 aromatic heterocycles. The van der Waals surface area contributed by atoms with E-state index in [1.165, 1.54) is 12.1 Å². The molecular weight excluding hydrogens is 331 g/mol. The average molecular weight is 346 g/mol. The summed E-state index contributed by atoms with van der Waals surface area (Å²) in [5.41, 5.74) is 0.422. The Morgan fingerprint density at radius 1 is 1.20 bits per heavy atom. The number of Topliss-reactive ketones (excluding diaryl/α,β-unsaturated/α-hetero) is 1. The molecule has 2 aromatic rings. The highest BCUT2D eigenvalue weighted by molar-refractivity contribution is 5.98. The lowest BCUT2D eigenvalue weighted by Crippen LogP contribution is -2.13. The van der Waals surface area contributed by atoms with E-state index in [0.717, 1.165) is 18.2 Å². The molecule has 7 nitrogen and oxygen atoms in total. The number of hydrogen-bond acceptors (Lipinski definition) is 5. The van der Waals surface area contributed by atoms with Crippen molar-refractivity contribution < 1.29 is 23.6 Å². The quantitative estimate of drug-likeness (QED) is 0.471. The number of carbonyl (C=O) groups excluding carboxylic acids is 2. The van der Waals surface area contributed by atoms with E-state index in [1.54, 1.807) is 19.1 Å². The van der Waals surface area contributed by atoms with Crippen molar-refractivity contribution >= 4 is 23.1 Å². The van der Waals surface area contributed by atoms with Crippen LogP contribution < -0.4 is 10.1 Å². The first-order valence-corrected chi connectivity index (χ1v) is 7.40. The second kappa shape index (κ2) is 8.00. The molecule has 0 aliphatic heterocycles. The summed E-state index contributed by atoms with van der Waals surface area (Å²) in [6.07, 6.45) is 0.334. The monoisotopic (exact) mass is 346 g/mol. The van der Waals surface area contributed by atoms with Crippen LogP contribution in [-0.2, 0) is 4.79 Å². The van der Waals surface area contributed by atoms with E-state index < -0.39 is 28.8 Å². The number of hydrogen-bond donors (Lipinski definition) is 1. The van der Waals surface area contributed by atoms with Crippen LogP contribution in [0.2, 0.25) is 0 Å². The van der Waals surface area contributed by atoms with Crippen LogP contribution in [0.15, 0.2) is 42.5 Å². The Morgan fingerprint density at radius 2 is 1.88 bits per heavy atom. The van der Waals surface area contributed by atoms with Crippen LogP contribution in [0.1, 0.15) is 23.7 Å². The number of nitrogens with zero attached hydrogens (tertiary/aromatic N) is 1. The lowest BCUT2D eigenvalue weighted by molar-refractivity contribution is -0.385. The van der Waals surface area contributed by atoms with Crippen molar-refractivity contribution in [3.63, 3.8) is 0 Å². The van der Waals surface area contributed by atoms with Gasteiger partial charge in [0.05, 0.1) is 4.92 Å². The Labute approximate surface area is 142 Å². The number of ketones is 1. The van der Waals surface area contributed by atoms with Gasteiger partial charge in [0.15, 0.2) is 18.1 Å². The van der Waals surface area contributed by atoms with Crippen molar-refractivity contribution in [3.05, 3.63) is 64.0 Å². The third-order valence-corrected chi connectivity index (χ3v) is 3.29. The lowest BCUT2D eigenvalue weighted by atomic mass is 10.1. The van der Waals surface area contributed by atoms with Crippen LogP contribution in [0.4, 0.5) is 15.8 Å². The maximum absolute atomic E-state index is 13.2. The van der Waals surface area contributed by atoms with Crippen molar-refractivity contribution in [2.24, 2.45) is 0 Å². The van der Waals surface area contributed by atoms with Gasteiger partial charge < -0.3 is 10.1 Å². The minimum Gasteiger partial charge on any atom is -0.478 e. The number of benzene rings is 2. The number of ether oxygens (including phenoxy) is 1. The largest absolute Gasteiger partial charge is 0.478 e. The number of anilines is 1. The molecule has 0 heterocycles. The fourth-order valence-corrected chi connectivity index (χ4v) is 1.97. The first-order valence-electron chi connectivity index (χ1n) is 7.40. The number of nitrogens with one attached hydrogen (secondary N) is 1. The van der Waals surface area contributed by atoms with Gasteiger partial charge in [-0.2, -0.15) is 0 Å². The molecule has 130 valence electrons. The Hall–Kier alpha value is -3.29. The standard InChI is InChI=1S/C17H15FN2O5/c1-2-17(22)19-13-6-3-11(4-7-13)15(21)10-25-16-9-12(18)5-8-14(16)20(23)24/h3-9H,2,10H2,1H3,(H,19,22). The van der Waals surface area contributed by atoms with Crippen LogP contribution in [0, 0.1) is 15.9 Å². The summed E-state index contributed by atoms with van der Waals surface area (Å²) in [6, 6.07) is 8.88. The van der Waals surface area contributed by atoms with Gasteiger partial charge in [-0.25, -0.2) is 4.39 Å². The van der Waals surface area contributed by atoms with Crippen molar-refractivity contribution in [2.45, 2.75) is 13.3 Å². The number of amides is 1. The van der Waals surface area contributed by atoms with E-state index in [-0.39, 0.29) is 11.7 Å². The smallest absolute Gasteiger partial charge is 0.311 e. The molecule has 0 bridgehead atoms. The second-order valence-electron chi connectivity index (χ2n) is 5.06. The van der Waals surface area contributed by atoms with Crippen molar-refractivity contribution in [3.8, 4) is 5.75 Å². The zero-order valence-corrected chi connectivity index (χ0v) is 13.3. The van der Waals surface area contributed by atoms with Gasteiger partial charge in [-0.3, -0.25) is 19.7 Å². The highest BCUT2D eigenvalue weighted by Crippen LogP contribution is 2.27. The Kier molecular flexibility index (Phi) is 5.78. The molecule has 0 saturated heterocycles. The number of nitro groups is 1. The molecule has 0 unspecified atom stereocenters. The van der Waals surface area contributed by atoms with Crippen molar-refractivity contribution in [2.75, 3.05) is 11.9 Å². The Bertz CT molecular complexity index is 805. The van der Waals surface area contributed by atoms with E-state index in [1.807, 2.05) is 0 Å². The molecule has 1 N–H and O–H groups in total. The molecule has 8 heteroatoms. The van der Waals surface area contributed by atoms with Crippen LogP contribution in [-0.4, -0.2) is 23.2 Å². The van der Waals surface area contributed by atoms with Crippen LogP contribution >= 0.6 is 0 Å². The molecule has 0 fully saturated rings. The summed E-state index contributed by atoms with van der Waals surface area (Å²) in [5, 5.41) is 13.5. The molecule has 25 heavy (non-hydrogen) atoms. The highest BCUT2D eigenvalue weighted by Gasteiger charge is 2.17. The molecule has 0 atom stereocenters. The Morgan fingerprint density at radius 3 is 2.48 bits per heavy atom. The summed E-state index contributed by atoms with van der Waals surface area (Å²) in [6.45, 7) is 1.24. The molecular formula is C17H15FN2O5. The summed E-state index contributed by atoms with van der Waals surface area (Å²) >= 11 is 0.